The first-order chi connectivity index (χ1) is 7.77. The van der Waals surface area contributed by atoms with Gasteiger partial charge in [0.1, 0.15) is 0 Å². The van der Waals surface area contributed by atoms with E-state index in [1.54, 1.807) is 11.3 Å². The van der Waals surface area contributed by atoms with Crippen molar-refractivity contribution >= 4 is 34.7 Å². The minimum Gasteiger partial charge on any atom is -0.308 e. The maximum atomic E-state index is 5.94. The van der Waals surface area contributed by atoms with E-state index in [1.807, 2.05) is 23.9 Å². The number of hydrogen-bond acceptors (Lipinski definition) is 3. The molecule has 0 fully saturated rings. The first-order valence-corrected chi connectivity index (χ1v) is 7.80. The summed E-state index contributed by atoms with van der Waals surface area (Å²) in [7, 11) is 0. The highest BCUT2D eigenvalue weighted by Crippen LogP contribution is 2.28. The quantitative estimate of drug-likeness (QED) is 0.559. The van der Waals surface area contributed by atoms with Crippen LogP contribution in [-0.4, -0.2) is 18.1 Å². The summed E-state index contributed by atoms with van der Waals surface area (Å²) in [6, 6.07) is 4.53. The third-order valence-corrected chi connectivity index (χ3v) is 4.53. The lowest BCUT2D eigenvalue weighted by atomic mass is 10.2. The van der Waals surface area contributed by atoms with E-state index in [-0.39, 0.29) is 0 Å². The van der Waals surface area contributed by atoms with Gasteiger partial charge in [0.25, 0.3) is 0 Å². The lowest BCUT2D eigenvalue weighted by Gasteiger charge is -2.14. The van der Waals surface area contributed by atoms with Crippen LogP contribution in [0.5, 0.6) is 0 Å². The SMILES string of the molecule is C=CCSCCNC(CC)c1ccc(Cl)s1. The molecule has 0 radical (unpaired) electrons. The van der Waals surface area contributed by atoms with Crippen LogP contribution in [-0.2, 0) is 0 Å². The fraction of sp³-hybridized carbons (Fsp3) is 0.500. The predicted molar refractivity (Wildman–Crippen MR) is 77.9 cm³/mol. The van der Waals surface area contributed by atoms with E-state index in [0.717, 1.165) is 28.8 Å². The van der Waals surface area contributed by atoms with Crippen LogP contribution in [0.25, 0.3) is 0 Å². The molecule has 0 bridgehead atoms. The summed E-state index contributed by atoms with van der Waals surface area (Å²) in [6.45, 7) is 6.94. The van der Waals surface area contributed by atoms with Crippen LogP contribution in [0.3, 0.4) is 0 Å². The Hall–Kier alpha value is 0.0400. The maximum Gasteiger partial charge on any atom is 0.0931 e. The van der Waals surface area contributed by atoms with E-state index in [0.29, 0.717) is 6.04 Å². The van der Waals surface area contributed by atoms with E-state index in [4.69, 9.17) is 11.6 Å². The molecule has 0 amide bonds. The van der Waals surface area contributed by atoms with Crippen molar-refractivity contribution in [3.05, 3.63) is 34.0 Å². The van der Waals surface area contributed by atoms with Crippen LogP contribution in [0.1, 0.15) is 24.3 Å². The van der Waals surface area contributed by atoms with Crippen molar-refractivity contribution in [3.63, 3.8) is 0 Å². The lowest BCUT2D eigenvalue weighted by molar-refractivity contribution is 0.548. The highest BCUT2D eigenvalue weighted by molar-refractivity contribution is 7.99. The van der Waals surface area contributed by atoms with Crippen molar-refractivity contribution in [3.8, 4) is 0 Å². The molecule has 1 N–H and O–H groups in total. The first kappa shape index (κ1) is 14.1. The Bertz CT molecular complexity index is 312. The summed E-state index contributed by atoms with van der Waals surface area (Å²) >= 11 is 9.51. The summed E-state index contributed by atoms with van der Waals surface area (Å²) < 4.78 is 0.872. The van der Waals surface area contributed by atoms with Crippen LogP contribution >= 0.6 is 34.7 Å². The zero-order valence-electron chi connectivity index (χ0n) is 9.54. The minimum atomic E-state index is 0.446. The molecule has 16 heavy (non-hydrogen) atoms. The molecule has 0 aliphatic heterocycles. The van der Waals surface area contributed by atoms with Crippen LogP contribution in [0.15, 0.2) is 24.8 Å². The van der Waals surface area contributed by atoms with Crippen molar-refractivity contribution in [2.24, 2.45) is 0 Å². The zero-order valence-corrected chi connectivity index (χ0v) is 11.9. The molecule has 1 heterocycles. The second kappa shape index (κ2) is 8.18. The molecule has 4 heteroatoms. The summed E-state index contributed by atoms with van der Waals surface area (Å²) in [4.78, 5) is 1.33. The average molecular weight is 276 g/mol. The molecular formula is C12H18ClNS2. The highest BCUT2D eigenvalue weighted by Gasteiger charge is 2.10. The molecule has 1 aromatic heterocycles. The largest absolute Gasteiger partial charge is 0.308 e. The van der Waals surface area contributed by atoms with E-state index in [2.05, 4.69) is 24.9 Å². The monoisotopic (exact) mass is 275 g/mol. The van der Waals surface area contributed by atoms with Gasteiger partial charge in [-0.3, -0.25) is 0 Å². The zero-order chi connectivity index (χ0) is 11.8. The number of halogens is 1. The van der Waals surface area contributed by atoms with Crippen LogP contribution in [0.2, 0.25) is 4.34 Å². The molecule has 0 saturated heterocycles. The molecule has 1 atom stereocenters. The molecule has 0 aromatic carbocycles. The van der Waals surface area contributed by atoms with Crippen LogP contribution in [0.4, 0.5) is 0 Å². The van der Waals surface area contributed by atoms with Gasteiger partial charge in [-0.1, -0.05) is 24.6 Å². The fourth-order valence-corrected chi connectivity index (χ4v) is 3.25. The Morgan fingerprint density at radius 3 is 3.00 bits per heavy atom. The smallest absolute Gasteiger partial charge is 0.0931 e. The molecular weight excluding hydrogens is 258 g/mol. The van der Waals surface area contributed by atoms with Crippen LogP contribution < -0.4 is 5.32 Å². The summed E-state index contributed by atoms with van der Waals surface area (Å²) in [6.07, 6.45) is 3.05. The molecule has 1 rings (SSSR count). The third kappa shape index (κ3) is 4.91. The molecule has 90 valence electrons. The Kier molecular flexibility index (Phi) is 7.21. The second-order valence-electron chi connectivity index (χ2n) is 3.42. The first-order valence-electron chi connectivity index (χ1n) is 5.45. The van der Waals surface area contributed by atoms with Crippen molar-refractivity contribution in [1.29, 1.82) is 0 Å². The fourth-order valence-electron chi connectivity index (χ4n) is 1.43. The summed E-state index contributed by atoms with van der Waals surface area (Å²) in [5, 5.41) is 3.55. The molecule has 0 aliphatic carbocycles. The van der Waals surface area contributed by atoms with Gasteiger partial charge in [0.05, 0.1) is 4.34 Å². The van der Waals surface area contributed by atoms with Gasteiger partial charge >= 0.3 is 0 Å². The van der Waals surface area contributed by atoms with E-state index >= 15 is 0 Å². The molecule has 1 nitrogen and oxygen atoms in total. The third-order valence-electron chi connectivity index (χ3n) is 2.22. The second-order valence-corrected chi connectivity index (χ2v) is 6.32. The van der Waals surface area contributed by atoms with Crippen molar-refractivity contribution < 1.29 is 0 Å². The lowest BCUT2D eigenvalue weighted by Crippen LogP contribution is -2.22. The van der Waals surface area contributed by atoms with E-state index < -0.39 is 0 Å². The number of nitrogens with one attached hydrogen (secondary N) is 1. The normalized spacial score (nSPS) is 12.6. The number of thioether (sulfide) groups is 1. The van der Waals surface area contributed by atoms with Gasteiger partial charge in [-0.25, -0.2) is 0 Å². The van der Waals surface area contributed by atoms with Gasteiger partial charge in [-0.2, -0.15) is 11.8 Å². The summed E-state index contributed by atoms with van der Waals surface area (Å²) in [5.74, 6) is 2.16. The van der Waals surface area contributed by atoms with Crippen molar-refractivity contribution in [2.45, 2.75) is 19.4 Å². The van der Waals surface area contributed by atoms with E-state index in [1.165, 1.54) is 4.88 Å². The van der Waals surface area contributed by atoms with Gasteiger partial charge < -0.3 is 5.32 Å². The Morgan fingerprint density at radius 2 is 2.44 bits per heavy atom. The van der Waals surface area contributed by atoms with Crippen LogP contribution in [0, 0.1) is 0 Å². The van der Waals surface area contributed by atoms with Gasteiger partial charge in [-0.15, -0.1) is 17.9 Å². The predicted octanol–water partition coefficient (Wildman–Crippen LogP) is 4.36. The number of hydrogen-bond donors (Lipinski definition) is 1. The summed E-state index contributed by atoms with van der Waals surface area (Å²) in [5.41, 5.74) is 0. The van der Waals surface area contributed by atoms with Gasteiger partial charge in [-0.05, 0) is 18.6 Å². The molecule has 0 saturated carbocycles. The van der Waals surface area contributed by atoms with Crippen molar-refractivity contribution in [2.75, 3.05) is 18.1 Å². The molecule has 0 spiro atoms. The minimum absolute atomic E-state index is 0.446. The molecule has 0 aliphatic rings. The topological polar surface area (TPSA) is 12.0 Å². The number of rotatable bonds is 8. The Balaban J connectivity index is 2.29. The maximum absolute atomic E-state index is 5.94. The molecule has 1 unspecified atom stereocenters. The molecule has 1 aromatic rings. The van der Waals surface area contributed by atoms with Crippen molar-refractivity contribution in [1.82, 2.24) is 5.32 Å². The van der Waals surface area contributed by atoms with Gasteiger partial charge in [0.2, 0.25) is 0 Å². The van der Waals surface area contributed by atoms with E-state index in [9.17, 15) is 0 Å². The average Bonchev–Trinajstić information content (AvgIpc) is 2.70. The Labute approximate surface area is 111 Å². The van der Waals surface area contributed by atoms with Gasteiger partial charge in [0.15, 0.2) is 0 Å². The standard InChI is InChI=1S/C12H18ClNS2/c1-3-8-15-9-7-14-10(4-2)11-5-6-12(13)16-11/h3,5-6,10,14H,1,4,7-9H2,2H3. The van der Waals surface area contributed by atoms with Gasteiger partial charge in [0, 0.05) is 29.0 Å². The Morgan fingerprint density at radius 1 is 1.62 bits per heavy atom. The number of thiophene rings is 1. The highest BCUT2D eigenvalue weighted by atomic mass is 35.5.